The van der Waals surface area contributed by atoms with Gasteiger partial charge in [-0.3, -0.25) is 0 Å². The summed E-state index contributed by atoms with van der Waals surface area (Å²) in [5, 5.41) is 17.8. The highest BCUT2D eigenvalue weighted by atomic mass is 16.5. The zero-order valence-corrected chi connectivity index (χ0v) is 23.4. The van der Waals surface area contributed by atoms with Crippen molar-refractivity contribution in [3.8, 4) is 33.8 Å². The number of aliphatic hydroxyl groups is 2. The molecule has 0 atom stereocenters. The van der Waals surface area contributed by atoms with Crippen LogP contribution >= 0.6 is 0 Å². The summed E-state index contributed by atoms with van der Waals surface area (Å²) in [6.07, 6.45) is 7.18. The second kappa shape index (κ2) is 14.6. The van der Waals surface area contributed by atoms with Gasteiger partial charge in [0.1, 0.15) is 24.7 Å². The molecule has 210 valence electrons. The molecule has 0 saturated carbocycles. The third-order valence-electron chi connectivity index (χ3n) is 6.84. The summed E-state index contributed by atoms with van der Waals surface area (Å²) >= 11 is 0. The Kier molecular flexibility index (Phi) is 9.98. The van der Waals surface area contributed by atoms with E-state index in [4.69, 9.17) is 19.7 Å². The summed E-state index contributed by atoms with van der Waals surface area (Å²) in [5.74, 6) is 1.62. The van der Waals surface area contributed by atoms with Crippen LogP contribution in [0.2, 0.25) is 0 Å². The van der Waals surface area contributed by atoms with E-state index in [1.54, 1.807) is 12.2 Å². The smallest absolute Gasteiger partial charge is 0.119 e. The van der Waals surface area contributed by atoms with E-state index in [1.165, 1.54) is 0 Å². The molecular formula is C38H34O4. The highest BCUT2D eigenvalue weighted by molar-refractivity contribution is 5.73. The molecule has 0 heterocycles. The molecule has 0 aliphatic rings. The van der Waals surface area contributed by atoms with E-state index in [0.717, 1.165) is 56.0 Å². The van der Waals surface area contributed by atoms with E-state index in [9.17, 15) is 0 Å². The number of rotatable bonds is 12. The largest absolute Gasteiger partial charge is 0.489 e. The van der Waals surface area contributed by atoms with Gasteiger partial charge < -0.3 is 19.7 Å². The van der Waals surface area contributed by atoms with Gasteiger partial charge in [0.25, 0.3) is 0 Å². The lowest BCUT2D eigenvalue weighted by Gasteiger charge is -2.10. The lowest BCUT2D eigenvalue weighted by Crippen LogP contribution is -1.95. The van der Waals surface area contributed by atoms with E-state index in [2.05, 4.69) is 72.8 Å². The lowest BCUT2D eigenvalue weighted by atomic mass is 9.98. The second-order valence-corrected chi connectivity index (χ2v) is 9.86. The fourth-order valence-electron chi connectivity index (χ4n) is 4.53. The van der Waals surface area contributed by atoms with Crippen LogP contribution in [0.15, 0.2) is 133 Å². The number of ether oxygens (including phenoxy) is 2. The molecule has 0 saturated heterocycles. The minimum Gasteiger partial charge on any atom is -0.489 e. The van der Waals surface area contributed by atoms with Crippen LogP contribution in [0.3, 0.4) is 0 Å². The Morgan fingerprint density at radius 3 is 1.24 bits per heavy atom. The molecule has 0 aliphatic heterocycles. The summed E-state index contributed by atoms with van der Waals surface area (Å²) < 4.78 is 11.9. The molecule has 42 heavy (non-hydrogen) atoms. The maximum Gasteiger partial charge on any atom is 0.119 e. The van der Waals surface area contributed by atoms with Crippen molar-refractivity contribution in [1.82, 2.24) is 0 Å². The Morgan fingerprint density at radius 2 is 0.857 bits per heavy atom. The summed E-state index contributed by atoms with van der Waals surface area (Å²) in [5.41, 5.74) is 8.90. The minimum absolute atomic E-state index is 0.0329. The summed E-state index contributed by atoms with van der Waals surface area (Å²) in [7, 11) is 0. The van der Waals surface area contributed by atoms with Crippen molar-refractivity contribution in [2.24, 2.45) is 0 Å². The summed E-state index contributed by atoms with van der Waals surface area (Å²) in [6.45, 7) is 1.06. The van der Waals surface area contributed by atoms with Crippen LogP contribution in [0.5, 0.6) is 11.5 Å². The molecule has 0 aliphatic carbocycles. The number of benzene rings is 5. The predicted molar refractivity (Wildman–Crippen MR) is 171 cm³/mol. The molecule has 5 aromatic rings. The maximum absolute atomic E-state index is 8.91. The zero-order valence-electron chi connectivity index (χ0n) is 23.4. The van der Waals surface area contributed by atoms with E-state index >= 15 is 0 Å². The SMILES string of the molecule is OC/C=C/c1ccc(OCc2ccc(-c3cccc(-c4ccc(COc5ccc(/C=C/CO)cc5)cc4)c3)cc2)cc1. The maximum atomic E-state index is 8.91. The first-order valence-corrected chi connectivity index (χ1v) is 14.0. The molecule has 0 spiro atoms. The number of aliphatic hydroxyl groups excluding tert-OH is 2. The van der Waals surface area contributed by atoms with Gasteiger partial charge >= 0.3 is 0 Å². The van der Waals surface area contributed by atoms with Crippen LogP contribution in [0.4, 0.5) is 0 Å². The van der Waals surface area contributed by atoms with Crippen LogP contribution in [0.1, 0.15) is 22.3 Å². The first-order valence-electron chi connectivity index (χ1n) is 14.0. The van der Waals surface area contributed by atoms with Crippen LogP contribution < -0.4 is 9.47 Å². The van der Waals surface area contributed by atoms with Crippen molar-refractivity contribution in [2.75, 3.05) is 13.2 Å². The van der Waals surface area contributed by atoms with E-state index in [0.29, 0.717) is 13.2 Å². The van der Waals surface area contributed by atoms with Crippen LogP contribution in [-0.2, 0) is 13.2 Å². The monoisotopic (exact) mass is 554 g/mol. The second-order valence-electron chi connectivity index (χ2n) is 9.86. The number of hydrogen-bond acceptors (Lipinski definition) is 4. The Hall–Kier alpha value is -4.90. The number of hydrogen-bond donors (Lipinski definition) is 2. The molecule has 0 radical (unpaired) electrons. The molecule has 5 rings (SSSR count). The van der Waals surface area contributed by atoms with Gasteiger partial charge in [0.15, 0.2) is 0 Å². The lowest BCUT2D eigenvalue weighted by molar-refractivity contribution is 0.306. The Balaban J connectivity index is 1.17. The van der Waals surface area contributed by atoms with Gasteiger partial charge in [-0.05, 0) is 74.8 Å². The van der Waals surface area contributed by atoms with Gasteiger partial charge in [-0.2, -0.15) is 0 Å². The predicted octanol–water partition coefficient (Wildman–Crippen LogP) is 8.19. The van der Waals surface area contributed by atoms with Crippen molar-refractivity contribution >= 4 is 12.2 Å². The van der Waals surface area contributed by atoms with E-state index < -0.39 is 0 Å². The first kappa shape index (κ1) is 28.6. The standard InChI is InChI=1S/C38H34O4/c39-24-2-4-29-12-20-37(21-13-29)41-27-31-8-16-33(17-9-31)35-6-1-7-36(26-35)34-18-10-32(11-19-34)28-42-38-22-14-30(15-23-38)5-3-25-40/h1-23,26,39-40H,24-25,27-28H2/b4-2+,5-3+. The highest BCUT2D eigenvalue weighted by Crippen LogP contribution is 2.27. The van der Waals surface area contributed by atoms with Crippen molar-refractivity contribution in [1.29, 1.82) is 0 Å². The molecule has 0 fully saturated rings. The molecule has 0 aromatic heterocycles. The Morgan fingerprint density at radius 1 is 0.452 bits per heavy atom. The Labute approximate surface area is 247 Å². The van der Waals surface area contributed by atoms with Crippen LogP contribution in [0.25, 0.3) is 34.4 Å². The molecule has 0 bridgehead atoms. The molecule has 0 unspecified atom stereocenters. The molecular weight excluding hydrogens is 520 g/mol. The topological polar surface area (TPSA) is 58.9 Å². The van der Waals surface area contributed by atoms with E-state index in [1.807, 2.05) is 60.7 Å². The van der Waals surface area contributed by atoms with Gasteiger partial charge in [-0.15, -0.1) is 0 Å². The van der Waals surface area contributed by atoms with Crippen LogP contribution in [0, 0.1) is 0 Å². The van der Waals surface area contributed by atoms with Gasteiger partial charge in [-0.1, -0.05) is 115 Å². The average Bonchev–Trinajstić information content (AvgIpc) is 3.06. The van der Waals surface area contributed by atoms with Crippen molar-refractivity contribution in [3.63, 3.8) is 0 Å². The van der Waals surface area contributed by atoms with Gasteiger partial charge in [0.2, 0.25) is 0 Å². The first-order chi connectivity index (χ1) is 20.7. The normalized spacial score (nSPS) is 11.3. The molecule has 4 nitrogen and oxygen atoms in total. The molecule has 2 N–H and O–H groups in total. The molecule has 4 heteroatoms. The van der Waals surface area contributed by atoms with Crippen LogP contribution in [-0.4, -0.2) is 23.4 Å². The quantitative estimate of drug-likeness (QED) is 0.163. The minimum atomic E-state index is 0.0329. The third-order valence-corrected chi connectivity index (χ3v) is 6.84. The summed E-state index contributed by atoms with van der Waals surface area (Å²) in [6, 6.07) is 41.2. The average molecular weight is 555 g/mol. The van der Waals surface area contributed by atoms with Gasteiger partial charge in [0, 0.05) is 0 Å². The fourth-order valence-corrected chi connectivity index (χ4v) is 4.53. The highest BCUT2D eigenvalue weighted by Gasteiger charge is 2.04. The van der Waals surface area contributed by atoms with Crippen molar-refractivity contribution in [2.45, 2.75) is 13.2 Å². The summed E-state index contributed by atoms with van der Waals surface area (Å²) in [4.78, 5) is 0. The molecule has 5 aromatic carbocycles. The molecule has 0 amide bonds. The third kappa shape index (κ3) is 8.07. The van der Waals surface area contributed by atoms with Gasteiger partial charge in [0.05, 0.1) is 13.2 Å². The zero-order chi connectivity index (χ0) is 29.0. The fraction of sp³-hybridized carbons (Fsp3) is 0.105. The van der Waals surface area contributed by atoms with Crippen molar-refractivity contribution in [3.05, 3.63) is 156 Å². The van der Waals surface area contributed by atoms with Crippen molar-refractivity contribution < 1.29 is 19.7 Å². The van der Waals surface area contributed by atoms with E-state index in [-0.39, 0.29) is 13.2 Å². The van der Waals surface area contributed by atoms with Gasteiger partial charge in [-0.25, -0.2) is 0 Å². The Bertz CT molecular complexity index is 1480.